The van der Waals surface area contributed by atoms with E-state index in [4.69, 9.17) is 9.72 Å². The van der Waals surface area contributed by atoms with Gasteiger partial charge in [-0.3, -0.25) is 14.6 Å². The minimum Gasteiger partial charge on any atom is -0.369 e. The normalized spacial score (nSPS) is 17.8. The van der Waals surface area contributed by atoms with Crippen LogP contribution in [0.5, 0.6) is 0 Å². The van der Waals surface area contributed by atoms with Crippen LogP contribution in [0.3, 0.4) is 0 Å². The zero-order chi connectivity index (χ0) is 19.5. The van der Waals surface area contributed by atoms with Crippen LogP contribution in [0.1, 0.15) is 39.9 Å². The average Bonchev–Trinajstić information content (AvgIpc) is 2.99. The maximum atomic E-state index is 6.10. The highest BCUT2D eigenvalue weighted by atomic mass is 16.5. The lowest BCUT2D eigenvalue weighted by Crippen LogP contribution is -2.38. The highest BCUT2D eigenvalue weighted by Gasteiger charge is 2.24. The largest absolute Gasteiger partial charge is 0.369 e. The van der Waals surface area contributed by atoms with Crippen molar-refractivity contribution < 1.29 is 4.74 Å². The third-order valence-corrected chi connectivity index (χ3v) is 5.27. The van der Waals surface area contributed by atoms with Gasteiger partial charge in [0.2, 0.25) is 0 Å². The van der Waals surface area contributed by atoms with Crippen LogP contribution >= 0.6 is 0 Å². The van der Waals surface area contributed by atoms with Crippen LogP contribution in [-0.2, 0) is 24.8 Å². The molecule has 3 heterocycles. The second-order valence-electron chi connectivity index (χ2n) is 7.71. The number of morpholine rings is 1. The molecule has 1 aliphatic rings. The maximum absolute atomic E-state index is 6.10. The van der Waals surface area contributed by atoms with Crippen LogP contribution in [0.2, 0.25) is 0 Å². The summed E-state index contributed by atoms with van der Waals surface area (Å²) in [4.78, 5) is 7.24. The lowest BCUT2D eigenvalue weighted by molar-refractivity contribution is -0.0351. The molecule has 1 saturated heterocycles. The van der Waals surface area contributed by atoms with Crippen molar-refractivity contribution in [2.24, 2.45) is 7.05 Å². The zero-order valence-corrected chi connectivity index (χ0v) is 16.9. The Morgan fingerprint density at radius 3 is 2.68 bits per heavy atom. The molecule has 0 N–H and O–H groups in total. The van der Waals surface area contributed by atoms with Gasteiger partial charge in [-0.05, 0) is 43.5 Å². The quantitative estimate of drug-likeness (QED) is 0.682. The van der Waals surface area contributed by atoms with E-state index in [0.717, 1.165) is 49.7 Å². The lowest BCUT2D eigenvalue weighted by Gasteiger charge is -2.32. The third kappa shape index (κ3) is 4.49. The first-order valence-electron chi connectivity index (χ1n) is 9.91. The summed E-state index contributed by atoms with van der Waals surface area (Å²) in [7, 11) is 1.98. The molecule has 5 nitrogen and oxygen atoms in total. The summed E-state index contributed by atoms with van der Waals surface area (Å²) >= 11 is 0. The van der Waals surface area contributed by atoms with Crippen molar-refractivity contribution in [3.63, 3.8) is 0 Å². The van der Waals surface area contributed by atoms with Gasteiger partial charge in [0.1, 0.15) is 6.10 Å². The van der Waals surface area contributed by atoms with E-state index in [9.17, 15) is 0 Å². The SMILES string of the molecule is Cc1cc(Cc2ccccc2)cc([C@H]2CN(Cc3cn(C)nc3C)CCO2)n1. The molecule has 1 aliphatic heterocycles. The van der Waals surface area contributed by atoms with E-state index in [-0.39, 0.29) is 6.10 Å². The van der Waals surface area contributed by atoms with Crippen LogP contribution in [0.15, 0.2) is 48.7 Å². The van der Waals surface area contributed by atoms with Crippen molar-refractivity contribution in [2.75, 3.05) is 19.7 Å². The van der Waals surface area contributed by atoms with Gasteiger partial charge in [0, 0.05) is 44.1 Å². The molecule has 1 fully saturated rings. The van der Waals surface area contributed by atoms with Gasteiger partial charge in [-0.25, -0.2) is 0 Å². The number of nitrogens with zero attached hydrogens (tertiary/aromatic N) is 4. The van der Waals surface area contributed by atoms with Gasteiger partial charge in [-0.2, -0.15) is 5.10 Å². The highest BCUT2D eigenvalue weighted by molar-refractivity contribution is 5.29. The second-order valence-corrected chi connectivity index (χ2v) is 7.71. The minimum atomic E-state index is 0.0140. The first-order chi connectivity index (χ1) is 13.6. The van der Waals surface area contributed by atoms with Crippen molar-refractivity contribution in [3.8, 4) is 0 Å². The second kappa shape index (κ2) is 8.25. The number of rotatable bonds is 5. The minimum absolute atomic E-state index is 0.0140. The molecule has 0 spiro atoms. The molecule has 28 heavy (non-hydrogen) atoms. The van der Waals surface area contributed by atoms with Gasteiger partial charge >= 0.3 is 0 Å². The number of benzene rings is 1. The summed E-state index contributed by atoms with van der Waals surface area (Å²) in [5, 5.41) is 4.46. The Hall–Kier alpha value is -2.50. The van der Waals surface area contributed by atoms with Crippen molar-refractivity contribution in [1.82, 2.24) is 19.7 Å². The van der Waals surface area contributed by atoms with E-state index in [1.807, 2.05) is 11.7 Å². The molecule has 3 aromatic rings. The molecule has 4 rings (SSSR count). The molecular weight excluding hydrogens is 348 g/mol. The summed E-state index contributed by atoms with van der Waals surface area (Å²) < 4.78 is 7.99. The maximum Gasteiger partial charge on any atom is 0.112 e. The van der Waals surface area contributed by atoms with Crippen molar-refractivity contribution in [2.45, 2.75) is 32.9 Å². The number of pyridine rings is 1. The Morgan fingerprint density at radius 2 is 1.93 bits per heavy atom. The molecule has 0 unspecified atom stereocenters. The summed E-state index contributed by atoms with van der Waals surface area (Å²) in [6.07, 6.45) is 3.05. The predicted molar refractivity (Wildman–Crippen MR) is 110 cm³/mol. The first-order valence-corrected chi connectivity index (χ1v) is 9.91. The van der Waals surface area contributed by atoms with E-state index in [0.29, 0.717) is 0 Å². The Balaban J connectivity index is 1.49. The van der Waals surface area contributed by atoms with Gasteiger partial charge in [-0.15, -0.1) is 0 Å². The molecule has 0 radical (unpaired) electrons. The predicted octanol–water partition coefficient (Wildman–Crippen LogP) is 3.60. The number of hydrogen-bond donors (Lipinski definition) is 0. The van der Waals surface area contributed by atoms with Gasteiger partial charge in [0.05, 0.1) is 18.0 Å². The average molecular weight is 377 g/mol. The van der Waals surface area contributed by atoms with Gasteiger partial charge in [0.15, 0.2) is 0 Å². The summed E-state index contributed by atoms with van der Waals surface area (Å²) in [5.74, 6) is 0. The van der Waals surface area contributed by atoms with Crippen LogP contribution in [0.25, 0.3) is 0 Å². The number of ether oxygens (including phenoxy) is 1. The molecule has 146 valence electrons. The van der Waals surface area contributed by atoms with Crippen molar-refractivity contribution in [3.05, 3.63) is 82.4 Å². The monoisotopic (exact) mass is 376 g/mol. The van der Waals surface area contributed by atoms with E-state index in [1.54, 1.807) is 0 Å². The molecule has 0 amide bonds. The van der Waals surface area contributed by atoms with Crippen molar-refractivity contribution in [1.29, 1.82) is 0 Å². The van der Waals surface area contributed by atoms with Crippen LogP contribution in [0, 0.1) is 13.8 Å². The van der Waals surface area contributed by atoms with Crippen LogP contribution in [-0.4, -0.2) is 39.4 Å². The molecule has 1 aromatic carbocycles. The Morgan fingerprint density at radius 1 is 1.11 bits per heavy atom. The van der Waals surface area contributed by atoms with Gasteiger partial charge in [0.25, 0.3) is 0 Å². The fraction of sp³-hybridized carbons (Fsp3) is 0.391. The standard InChI is InChI=1S/C23H28N4O/c1-17-11-20(12-19-7-5-4-6-8-19)13-22(24-17)23-16-27(9-10-28-23)15-21-14-26(3)25-18(21)2/h4-8,11,13-14,23H,9-10,12,15-16H2,1-3H3/t23-/m1/s1. The third-order valence-electron chi connectivity index (χ3n) is 5.27. The Bertz CT molecular complexity index is 935. The molecular formula is C23H28N4O. The van der Waals surface area contributed by atoms with Gasteiger partial charge in [-0.1, -0.05) is 30.3 Å². The molecule has 0 aliphatic carbocycles. The van der Waals surface area contributed by atoms with Crippen LogP contribution in [0.4, 0.5) is 0 Å². The van der Waals surface area contributed by atoms with E-state index in [2.05, 4.69) is 72.5 Å². The Labute approximate surface area is 167 Å². The summed E-state index contributed by atoms with van der Waals surface area (Å²) in [6, 6.07) is 15.0. The number of aromatic nitrogens is 3. The number of hydrogen-bond acceptors (Lipinski definition) is 4. The van der Waals surface area contributed by atoms with E-state index >= 15 is 0 Å². The fourth-order valence-electron chi connectivity index (χ4n) is 3.94. The summed E-state index contributed by atoms with van der Waals surface area (Å²) in [5.41, 5.74) is 7.08. The Kier molecular flexibility index (Phi) is 5.55. The molecule has 0 saturated carbocycles. The van der Waals surface area contributed by atoms with E-state index in [1.165, 1.54) is 16.7 Å². The lowest BCUT2D eigenvalue weighted by atomic mass is 10.0. The molecule has 0 bridgehead atoms. The highest BCUT2D eigenvalue weighted by Crippen LogP contribution is 2.24. The van der Waals surface area contributed by atoms with Gasteiger partial charge < -0.3 is 4.74 Å². The topological polar surface area (TPSA) is 43.2 Å². The molecule has 2 aromatic heterocycles. The zero-order valence-electron chi connectivity index (χ0n) is 16.9. The fourth-order valence-corrected chi connectivity index (χ4v) is 3.94. The number of aryl methyl sites for hydroxylation is 3. The molecule has 5 heteroatoms. The van der Waals surface area contributed by atoms with E-state index < -0.39 is 0 Å². The first kappa shape index (κ1) is 18.8. The van der Waals surface area contributed by atoms with Crippen LogP contribution < -0.4 is 0 Å². The molecule has 1 atom stereocenters. The summed E-state index contributed by atoms with van der Waals surface area (Å²) in [6.45, 7) is 7.57. The van der Waals surface area contributed by atoms with Crippen molar-refractivity contribution >= 4 is 0 Å². The smallest absolute Gasteiger partial charge is 0.112 e.